The number of carbonyl (C=O) groups is 2. The van der Waals surface area contributed by atoms with Crippen LogP contribution in [0.15, 0.2) is 72.8 Å². The van der Waals surface area contributed by atoms with Gasteiger partial charge in [0.15, 0.2) is 0 Å². The largest absolute Gasteiger partial charge is 0.303 e. The second kappa shape index (κ2) is 9.56. The molecular formula is C28H27ClN2O4S. The van der Waals surface area contributed by atoms with Crippen molar-refractivity contribution in [2.24, 2.45) is 5.41 Å². The molecule has 3 aromatic rings. The molecule has 0 bridgehead atoms. The predicted octanol–water partition coefficient (Wildman–Crippen LogP) is 5.53. The summed E-state index contributed by atoms with van der Waals surface area (Å²) in [5, 5.41) is 0.622. The molecule has 0 unspecified atom stereocenters. The van der Waals surface area contributed by atoms with E-state index in [2.05, 4.69) is 20.8 Å². The first-order valence-corrected chi connectivity index (χ1v) is 13.6. The minimum atomic E-state index is -3.69. The summed E-state index contributed by atoms with van der Waals surface area (Å²) in [6.07, 6.45) is 0.927. The van der Waals surface area contributed by atoms with E-state index >= 15 is 0 Å². The fourth-order valence-corrected chi connectivity index (χ4v) is 5.05. The third-order valence-electron chi connectivity index (χ3n) is 5.86. The lowest BCUT2D eigenvalue weighted by Gasteiger charge is -2.26. The number of nitrogens with one attached hydrogen (secondary N) is 1. The molecule has 1 aliphatic rings. The molecule has 4 rings (SSSR count). The van der Waals surface area contributed by atoms with Gasteiger partial charge in [-0.15, -0.1) is 0 Å². The van der Waals surface area contributed by atoms with E-state index in [0.717, 1.165) is 28.6 Å². The highest BCUT2D eigenvalue weighted by molar-refractivity contribution is 7.89. The van der Waals surface area contributed by atoms with Gasteiger partial charge in [-0.05, 0) is 52.4 Å². The average Bonchev–Trinajstić information content (AvgIpc) is 3.05. The quantitative estimate of drug-likeness (QED) is 0.446. The Bertz CT molecular complexity index is 1490. The standard InChI is InChI=1S/C28H27ClN2O4S/c1-28(2,3)25(19-12-14-21(29)15-13-19)24-22-10-5-6-11-23(22)31(27(24)33)17-18-8-7-9-20(16-18)26(32)30-36(4,34)35/h5-16H,17H2,1-4H3,(H,30,32)/b25-24-. The molecule has 36 heavy (non-hydrogen) atoms. The molecule has 0 radical (unpaired) electrons. The van der Waals surface area contributed by atoms with Gasteiger partial charge in [-0.25, -0.2) is 13.1 Å². The lowest BCUT2D eigenvalue weighted by molar-refractivity contribution is -0.113. The Labute approximate surface area is 216 Å². The van der Waals surface area contributed by atoms with Gasteiger partial charge in [0.05, 0.1) is 24.1 Å². The number of amides is 2. The summed E-state index contributed by atoms with van der Waals surface area (Å²) in [7, 11) is -3.69. The molecule has 1 N–H and O–H groups in total. The molecular weight excluding hydrogens is 496 g/mol. The van der Waals surface area contributed by atoms with Gasteiger partial charge >= 0.3 is 0 Å². The fourth-order valence-electron chi connectivity index (χ4n) is 4.47. The number of anilines is 1. The highest BCUT2D eigenvalue weighted by Crippen LogP contribution is 2.47. The lowest BCUT2D eigenvalue weighted by atomic mass is 9.78. The summed E-state index contributed by atoms with van der Waals surface area (Å²) in [5.41, 5.74) is 4.64. The number of rotatable bonds is 5. The topological polar surface area (TPSA) is 83.6 Å². The first-order valence-electron chi connectivity index (χ1n) is 11.4. The van der Waals surface area contributed by atoms with Crippen molar-refractivity contribution >= 4 is 50.3 Å². The molecule has 0 saturated carbocycles. The van der Waals surface area contributed by atoms with Crippen LogP contribution in [0.1, 0.15) is 47.8 Å². The normalized spacial score (nSPS) is 15.0. The number of carbonyl (C=O) groups excluding carboxylic acids is 2. The number of benzene rings is 3. The minimum absolute atomic E-state index is 0.137. The van der Waals surface area contributed by atoms with Crippen molar-refractivity contribution in [3.05, 3.63) is 100 Å². The summed E-state index contributed by atoms with van der Waals surface area (Å²) in [6, 6.07) is 21.8. The van der Waals surface area contributed by atoms with E-state index < -0.39 is 15.9 Å². The number of fused-ring (bicyclic) bond motifs is 1. The van der Waals surface area contributed by atoms with Crippen LogP contribution in [-0.2, 0) is 21.4 Å². The monoisotopic (exact) mass is 522 g/mol. The third kappa shape index (κ3) is 5.37. The van der Waals surface area contributed by atoms with E-state index in [9.17, 15) is 18.0 Å². The number of halogens is 1. The summed E-state index contributed by atoms with van der Waals surface area (Å²) in [6.45, 7) is 6.45. The number of para-hydroxylation sites is 1. The van der Waals surface area contributed by atoms with Crippen molar-refractivity contribution in [3.8, 4) is 0 Å². The zero-order valence-corrected chi connectivity index (χ0v) is 22.1. The fraction of sp³-hybridized carbons (Fsp3) is 0.214. The van der Waals surface area contributed by atoms with Crippen molar-refractivity contribution in [1.29, 1.82) is 0 Å². The summed E-state index contributed by atoms with van der Waals surface area (Å²) in [4.78, 5) is 28.0. The first kappa shape index (κ1) is 25.7. The number of allylic oxidation sites excluding steroid dienone is 1. The maximum Gasteiger partial charge on any atom is 0.264 e. The molecule has 0 aliphatic carbocycles. The number of hydrogen-bond donors (Lipinski definition) is 1. The number of sulfonamides is 1. The van der Waals surface area contributed by atoms with Gasteiger partial charge < -0.3 is 4.90 Å². The van der Waals surface area contributed by atoms with Crippen molar-refractivity contribution in [3.63, 3.8) is 0 Å². The van der Waals surface area contributed by atoms with Crippen LogP contribution >= 0.6 is 11.6 Å². The smallest absolute Gasteiger partial charge is 0.264 e. The Kier molecular flexibility index (Phi) is 6.82. The van der Waals surface area contributed by atoms with Crippen LogP contribution in [0.5, 0.6) is 0 Å². The maximum absolute atomic E-state index is 14.0. The SMILES string of the molecule is CC(C)(C)/C(=C1\C(=O)N(Cc2cccc(C(=O)NS(C)(=O)=O)c2)c2ccccc21)c1ccc(Cl)cc1. The van der Waals surface area contributed by atoms with Crippen LogP contribution in [0.25, 0.3) is 11.1 Å². The minimum Gasteiger partial charge on any atom is -0.303 e. The molecule has 0 aromatic heterocycles. The molecule has 3 aromatic carbocycles. The van der Waals surface area contributed by atoms with Gasteiger partial charge in [0.25, 0.3) is 11.8 Å². The van der Waals surface area contributed by atoms with Crippen LogP contribution in [0.4, 0.5) is 5.69 Å². The second-order valence-electron chi connectivity index (χ2n) is 9.82. The van der Waals surface area contributed by atoms with Crippen molar-refractivity contribution < 1.29 is 18.0 Å². The van der Waals surface area contributed by atoms with E-state index in [1.165, 1.54) is 6.07 Å². The van der Waals surface area contributed by atoms with Crippen molar-refractivity contribution in [2.45, 2.75) is 27.3 Å². The third-order valence-corrected chi connectivity index (χ3v) is 6.67. The molecule has 0 saturated heterocycles. The van der Waals surface area contributed by atoms with Gasteiger partial charge in [-0.1, -0.05) is 74.8 Å². The van der Waals surface area contributed by atoms with E-state index in [1.54, 1.807) is 23.1 Å². The summed E-state index contributed by atoms with van der Waals surface area (Å²) < 4.78 is 24.9. The van der Waals surface area contributed by atoms with Crippen molar-refractivity contribution in [2.75, 3.05) is 11.2 Å². The Morgan fingerprint density at radius 3 is 2.25 bits per heavy atom. The van der Waals surface area contributed by atoms with Crippen LogP contribution in [0.3, 0.4) is 0 Å². The van der Waals surface area contributed by atoms with E-state index in [0.29, 0.717) is 16.2 Å². The average molecular weight is 523 g/mol. The number of nitrogens with zero attached hydrogens (tertiary/aromatic N) is 1. The molecule has 1 heterocycles. The molecule has 186 valence electrons. The predicted molar refractivity (Wildman–Crippen MR) is 144 cm³/mol. The van der Waals surface area contributed by atoms with Crippen LogP contribution in [-0.4, -0.2) is 26.5 Å². The number of hydrogen-bond acceptors (Lipinski definition) is 4. The zero-order chi connectivity index (χ0) is 26.3. The zero-order valence-electron chi connectivity index (χ0n) is 20.5. The molecule has 0 atom stereocenters. The summed E-state index contributed by atoms with van der Waals surface area (Å²) >= 11 is 6.13. The molecule has 2 amide bonds. The van der Waals surface area contributed by atoms with Gasteiger partial charge in [-0.2, -0.15) is 0 Å². The second-order valence-corrected chi connectivity index (χ2v) is 12.0. The highest BCUT2D eigenvalue weighted by atomic mass is 35.5. The first-order chi connectivity index (χ1) is 16.8. The van der Waals surface area contributed by atoms with E-state index in [-0.39, 0.29) is 23.4 Å². The maximum atomic E-state index is 14.0. The van der Waals surface area contributed by atoms with Crippen LogP contribution in [0.2, 0.25) is 5.02 Å². The Balaban J connectivity index is 1.79. The van der Waals surface area contributed by atoms with Gasteiger partial charge in [-0.3, -0.25) is 9.59 Å². The van der Waals surface area contributed by atoms with E-state index in [1.807, 2.05) is 53.3 Å². The van der Waals surface area contributed by atoms with Gasteiger partial charge in [0.2, 0.25) is 10.0 Å². The molecule has 8 heteroatoms. The lowest BCUT2D eigenvalue weighted by Crippen LogP contribution is -2.30. The van der Waals surface area contributed by atoms with Gasteiger partial charge in [0, 0.05) is 16.1 Å². The molecule has 0 fully saturated rings. The Hall–Kier alpha value is -3.42. The summed E-state index contributed by atoms with van der Waals surface area (Å²) in [5.74, 6) is -0.854. The molecule has 0 spiro atoms. The van der Waals surface area contributed by atoms with Crippen LogP contribution in [0, 0.1) is 5.41 Å². The van der Waals surface area contributed by atoms with Crippen molar-refractivity contribution in [1.82, 2.24) is 4.72 Å². The Morgan fingerprint density at radius 2 is 1.61 bits per heavy atom. The Morgan fingerprint density at radius 1 is 0.944 bits per heavy atom. The molecule has 6 nitrogen and oxygen atoms in total. The van der Waals surface area contributed by atoms with Crippen LogP contribution < -0.4 is 9.62 Å². The van der Waals surface area contributed by atoms with Gasteiger partial charge in [0.1, 0.15) is 0 Å². The van der Waals surface area contributed by atoms with E-state index in [4.69, 9.17) is 11.6 Å². The molecule has 1 aliphatic heterocycles. The highest BCUT2D eigenvalue weighted by Gasteiger charge is 2.37.